The summed E-state index contributed by atoms with van der Waals surface area (Å²) in [6.07, 6.45) is -0.192. The third-order valence-electron chi connectivity index (χ3n) is 6.77. The first kappa shape index (κ1) is 30.9. The average molecular weight is 573 g/mol. The van der Waals surface area contributed by atoms with Gasteiger partial charge in [-0.25, -0.2) is 22.5 Å². The highest BCUT2D eigenvalue weighted by molar-refractivity contribution is 7.89. The summed E-state index contributed by atoms with van der Waals surface area (Å²) in [7, 11) is -2.31. The normalized spacial score (nSPS) is 17.9. The van der Waals surface area contributed by atoms with Crippen LogP contribution in [0.4, 0.5) is 10.5 Å². The quantitative estimate of drug-likeness (QED) is 0.211. The summed E-state index contributed by atoms with van der Waals surface area (Å²) in [4.78, 5) is 42.7. The van der Waals surface area contributed by atoms with Gasteiger partial charge in [0.25, 0.3) is 5.69 Å². The van der Waals surface area contributed by atoms with Crippen molar-refractivity contribution in [3.63, 3.8) is 0 Å². The molecular formula is C28H36N4O7S. The minimum Gasteiger partial charge on any atom is -0.462 e. The van der Waals surface area contributed by atoms with E-state index in [4.69, 9.17) is 4.74 Å². The molecule has 2 amide bonds. The summed E-state index contributed by atoms with van der Waals surface area (Å²) in [5, 5.41) is 11.5. The van der Waals surface area contributed by atoms with Crippen LogP contribution >= 0.6 is 0 Å². The van der Waals surface area contributed by atoms with E-state index < -0.39 is 45.0 Å². The summed E-state index contributed by atoms with van der Waals surface area (Å²) < 4.78 is 32.9. The predicted molar refractivity (Wildman–Crippen MR) is 151 cm³/mol. The van der Waals surface area contributed by atoms with Crippen molar-refractivity contribution in [2.45, 2.75) is 64.0 Å². The SMILES string of the molecule is CC1=NC(=O)N(CCCN(C)S(=O)(=O)c2ccc(C(C)C)cc2)C(c2cccc([N+](=O)[O-])c2)C1C(=O)OC(C)C. The van der Waals surface area contributed by atoms with Crippen LogP contribution in [0.1, 0.15) is 64.1 Å². The van der Waals surface area contributed by atoms with Crippen molar-refractivity contribution >= 4 is 33.4 Å². The molecule has 40 heavy (non-hydrogen) atoms. The van der Waals surface area contributed by atoms with Gasteiger partial charge in [0.15, 0.2) is 0 Å². The van der Waals surface area contributed by atoms with Gasteiger partial charge in [-0.3, -0.25) is 14.9 Å². The highest BCUT2D eigenvalue weighted by Crippen LogP contribution is 2.36. The number of sulfonamides is 1. The average Bonchev–Trinajstić information content (AvgIpc) is 2.88. The number of carbonyl (C=O) groups excluding carboxylic acids is 2. The molecule has 0 aliphatic carbocycles. The number of non-ortho nitro benzene ring substituents is 1. The lowest BCUT2D eigenvalue weighted by Crippen LogP contribution is -2.48. The number of esters is 1. The Morgan fingerprint density at radius 3 is 2.38 bits per heavy atom. The zero-order valence-electron chi connectivity index (χ0n) is 23.6. The van der Waals surface area contributed by atoms with Gasteiger partial charge in [0, 0.05) is 38.0 Å². The Labute approximate surface area is 235 Å². The molecule has 0 aromatic heterocycles. The first-order chi connectivity index (χ1) is 18.7. The number of hydrogen-bond donors (Lipinski definition) is 0. The highest BCUT2D eigenvalue weighted by Gasteiger charge is 2.43. The van der Waals surface area contributed by atoms with Crippen LogP contribution in [0.3, 0.4) is 0 Å². The van der Waals surface area contributed by atoms with Crippen LogP contribution in [0.25, 0.3) is 0 Å². The minimum atomic E-state index is -3.77. The van der Waals surface area contributed by atoms with Crippen LogP contribution in [0.2, 0.25) is 0 Å². The number of nitro groups is 1. The van der Waals surface area contributed by atoms with E-state index in [-0.39, 0.29) is 41.7 Å². The Bertz CT molecular complexity index is 1390. The lowest BCUT2D eigenvalue weighted by atomic mass is 9.86. The van der Waals surface area contributed by atoms with Gasteiger partial charge in [-0.2, -0.15) is 0 Å². The van der Waals surface area contributed by atoms with Crippen molar-refractivity contribution in [1.29, 1.82) is 0 Å². The summed E-state index contributed by atoms with van der Waals surface area (Å²) in [5.41, 5.74) is 1.47. The number of benzene rings is 2. The van der Waals surface area contributed by atoms with Crippen LogP contribution in [0.5, 0.6) is 0 Å². The van der Waals surface area contributed by atoms with E-state index in [1.165, 1.54) is 34.5 Å². The molecule has 1 aliphatic rings. The molecule has 2 aromatic carbocycles. The third-order valence-corrected chi connectivity index (χ3v) is 8.65. The van der Waals surface area contributed by atoms with Crippen molar-refractivity contribution in [3.05, 3.63) is 69.8 Å². The van der Waals surface area contributed by atoms with Gasteiger partial charge < -0.3 is 9.64 Å². The topological polar surface area (TPSA) is 139 Å². The number of nitro benzene ring substituents is 1. The molecule has 1 aliphatic heterocycles. The number of ether oxygens (including phenoxy) is 1. The van der Waals surface area contributed by atoms with Crippen molar-refractivity contribution in [3.8, 4) is 0 Å². The van der Waals surface area contributed by atoms with E-state index in [9.17, 15) is 28.1 Å². The maximum Gasteiger partial charge on any atom is 0.344 e. The first-order valence-corrected chi connectivity index (χ1v) is 14.5. The number of carbonyl (C=O) groups is 2. The van der Waals surface area contributed by atoms with Gasteiger partial charge in [-0.05, 0) is 56.4 Å². The van der Waals surface area contributed by atoms with E-state index in [1.54, 1.807) is 51.1 Å². The van der Waals surface area contributed by atoms with E-state index in [1.807, 2.05) is 13.8 Å². The fraction of sp³-hybridized carbons (Fsp3) is 0.464. The number of urea groups is 1. The van der Waals surface area contributed by atoms with E-state index in [2.05, 4.69) is 4.99 Å². The highest BCUT2D eigenvalue weighted by atomic mass is 32.2. The third kappa shape index (κ3) is 6.92. The zero-order valence-corrected chi connectivity index (χ0v) is 24.4. The number of amides is 2. The largest absolute Gasteiger partial charge is 0.462 e. The molecular weight excluding hydrogens is 536 g/mol. The summed E-state index contributed by atoms with van der Waals surface area (Å²) in [5.74, 6) is -1.32. The van der Waals surface area contributed by atoms with E-state index >= 15 is 0 Å². The Hall–Kier alpha value is -3.64. The number of hydrogen-bond acceptors (Lipinski definition) is 7. The zero-order chi connectivity index (χ0) is 29.8. The minimum absolute atomic E-state index is 0.0561. The molecule has 2 aromatic rings. The Morgan fingerprint density at radius 2 is 1.80 bits per heavy atom. The molecule has 2 atom stereocenters. The molecule has 0 saturated heterocycles. The van der Waals surface area contributed by atoms with Gasteiger partial charge in [-0.1, -0.05) is 38.1 Å². The number of aliphatic imine (C=N–C) groups is 1. The van der Waals surface area contributed by atoms with Gasteiger partial charge >= 0.3 is 12.0 Å². The molecule has 216 valence electrons. The fourth-order valence-electron chi connectivity index (χ4n) is 4.64. The first-order valence-electron chi connectivity index (χ1n) is 13.1. The molecule has 12 heteroatoms. The van der Waals surface area contributed by atoms with Gasteiger partial charge in [0.05, 0.1) is 22.0 Å². The van der Waals surface area contributed by atoms with Crippen molar-refractivity contribution in [2.75, 3.05) is 20.1 Å². The van der Waals surface area contributed by atoms with E-state index in [0.29, 0.717) is 5.56 Å². The molecule has 0 N–H and O–H groups in total. The number of rotatable bonds is 11. The fourth-order valence-corrected chi connectivity index (χ4v) is 5.84. The Morgan fingerprint density at radius 1 is 1.15 bits per heavy atom. The van der Waals surface area contributed by atoms with Crippen LogP contribution in [-0.2, 0) is 19.6 Å². The predicted octanol–water partition coefficient (Wildman–Crippen LogP) is 4.93. The standard InChI is InChI=1S/C28H36N4O7S/c1-18(2)21-11-13-24(14-12-21)40(37,38)30(6)15-8-16-31-26(22-9-7-10-23(17-22)32(35)36)25(20(5)29-28(31)34)27(33)39-19(3)4/h7,9-14,17-19,25-26H,8,15-16H2,1-6H3. The van der Waals surface area contributed by atoms with Gasteiger partial charge in [0.1, 0.15) is 5.92 Å². The van der Waals surface area contributed by atoms with Crippen molar-refractivity contribution in [1.82, 2.24) is 9.21 Å². The summed E-state index contributed by atoms with van der Waals surface area (Å²) in [6.45, 7) is 9.14. The lowest BCUT2D eigenvalue weighted by Gasteiger charge is -2.39. The second-order valence-electron chi connectivity index (χ2n) is 10.4. The molecule has 2 unspecified atom stereocenters. The Kier molecular flexibility index (Phi) is 9.80. The smallest absolute Gasteiger partial charge is 0.344 e. The van der Waals surface area contributed by atoms with Crippen LogP contribution < -0.4 is 0 Å². The van der Waals surface area contributed by atoms with Gasteiger partial charge in [0.2, 0.25) is 10.0 Å². The Balaban J connectivity index is 1.87. The van der Waals surface area contributed by atoms with Crippen LogP contribution in [-0.4, -0.2) is 66.5 Å². The molecule has 0 spiro atoms. The lowest BCUT2D eigenvalue weighted by molar-refractivity contribution is -0.385. The second-order valence-corrected chi connectivity index (χ2v) is 12.4. The monoisotopic (exact) mass is 572 g/mol. The maximum absolute atomic E-state index is 13.1. The molecule has 1 heterocycles. The maximum atomic E-state index is 13.1. The summed E-state index contributed by atoms with van der Waals surface area (Å²) in [6, 6.07) is 11.0. The van der Waals surface area contributed by atoms with Crippen LogP contribution in [0, 0.1) is 16.0 Å². The van der Waals surface area contributed by atoms with Crippen molar-refractivity contribution in [2.24, 2.45) is 10.9 Å². The van der Waals surface area contributed by atoms with E-state index in [0.717, 1.165) is 5.56 Å². The summed E-state index contributed by atoms with van der Waals surface area (Å²) >= 11 is 0. The number of nitrogens with zero attached hydrogens (tertiary/aromatic N) is 4. The molecule has 0 radical (unpaired) electrons. The molecule has 0 bridgehead atoms. The van der Waals surface area contributed by atoms with Gasteiger partial charge in [-0.15, -0.1) is 0 Å². The molecule has 0 fully saturated rings. The molecule has 11 nitrogen and oxygen atoms in total. The molecule has 0 saturated carbocycles. The molecule has 3 rings (SSSR count). The van der Waals surface area contributed by atoms with Crippen molar-refractivity contribution < 1.29 is 27.7 Å². The van der Waals surface area contributed by atoms with Crippen LogP contribution in [0.15, 0.2) is 58.4 Å². The second kappa shape index (κ2) is 12.7.